The molecule has 1 fully saturated rings. The normalized spacial score (nSPS) is 21.0. The van der Waals surface area contributed by atoms with E-state index in [1.807, 2.05) is 6.07 Å². The lowest BCUT2D eigenvalue weighted by atomic mass is 9.95. The first-order chi connectivity index (χ1) is 8.92. The second kappa shape index (κ2) is 5.27. The zero-order valence-electron chi connectivity index (χ0n) is 11.7. The van der Waals surface area contributed by atoms with Crippen LogP contribution in [0.3, 0.4) is 0 Å². The first-order valence-corrected chi connectivity index (χ1v) is 6.63. The summed E-state index contributed by atoms with van der Waals surface area (Å²) in [6.07, 6.45) is 0. The fraction of sp³-hybridized carbons (Fsp3) is 0.571. The van der Waals surface area contributed by atoms with Crippen molar-refractivity contribution in [3.63, 3.8) is 0 Å². The topological polar surface area (TPSA) is 58.4 Å². The molecule has 1 N–H and O–H groups in total. The molecule has 2 rings (SSSR count). The zero-order valence-corrected chi connectivity index (χ0v) is 11.7. The number of non-ortho nitro benzene ring substituents is 1. The average Bonchev–Trinajstić information content (AvgIpc) is 2.37. The molecule has 1 atom stereocenters. The molecule has 0 amide bonds. The third kappa shape index (κ3) is 2.93. The SMILES string of the molecule is CC(c1cccc([N+](=O)[O-])c1)N1CCNCC1(C)C. The van der Waals surface area contributed by atoms with Gasteiger partial charge in [0.2, 0.25) is 0 Å². The number of hydrogen-bond acceptors (Lipinski definition) is 4. The van der Waals surface area contributed by atoms with Gasteiger partial charge in [-0.1, -0.05) is 12.1 Å². The minimum absolute atomic E-state index is 0.0578. The molecule has 1 unspecified atom stereocenters. The summed E-state index contributed by atoms with van der Waals surface area (Å²) in [5.74, 6) is 0. The first kappa shape index (κ1) is 14.0. The molecule has 0 bridgehead atoms. The highest BCUT2D eigenvalue weighted by molar-refractivity contribution is 5.35. The number of nitrogens with one attached hydrogen (secondary N) is 1. The summed E-state index contributed by atoms with van der Waals surface area (Å²) in [4.78, 5) is 12.9. The predicted octanol–water partition coefficient (Wildman–Crippen LogP) is 2.34. The number of piperazine rings is 1. The number of nitro groups is 1. The van der Waals surface area contributed by atoms with Gasteiger partial charge in [0, 0.05) is 43.3 Å². The van der Waals surface area contributed by atoms with E-state index in [4.69, 9.17) is 0 Å². The van der Waals surface area contributed by atoms with Crippen molar-refractivity contribution in [3.05, 3.63) is 39.9 Å². The van der Waals surface area contributed by atoms with Crippen molar-refractivity contribution in [2.24, 2.45) is 0 Å². The Kier molecular flexibility index (Phi) is 3.87. The third-order valence-corrected chi connectivity index (χ3v) is 3.90. The Bertz CT molecular complexity index is 474. The van der Waals surface area contributed by atoms with Gasteiger partial charge >= 0.3 is 0 Å². The van der Waals surface area contributed by atoms with Crippen molar-refractivity contribution < 1.29 is 4.92 Å². The maximum absolute atomic E-state index is 10.9. The lowest BCUT2D eigenvalue weighted by Crippen LogP contribution is -2.58. The van der Waals surface area contributed by atoms with E-state index in [9.17, 15) is 10.1 Å². The van der Waals surface area contributed by atoms with Crippen molar-refractivity contribution in [2.75, 3.05) is 19.6 Å². The molecule has 1 aliphatic heterocycles. The molecule has 1 aromatic rings. The number of rotatable bonds is 3. The molecule has 1 saturated heterocycles. The summed E-state index contributed by atoms with van der Waals surface area (Å²) >= 11 is 0. The predicted molar refractivity (Wildman–Crippen MR) is 75.2 cm³/mol. The smallest absolute Gasteiger partial charge is 0.269 e. The van der Waals surface area contributed by atoms with Crippen molar-refractivity contribution in [1.82, 2.24) is 10.2 Å². The maximum atomic E-state index is 10.9. The molecule has 5 heteroatoms. The van der Waals surface area contributed by atoms with E-state index < -0.39 is 0 Å². The van der Waals surface area contributed by atoms with Gasteiger partial charge in [0.25, 0.3) is 5.69 Å². The molecule has 0 radical (unpaired) electrons. The van der Waals surface area contributed by atoms with Gasteiger partial charge in [-0.2, -0.15) is 0 Å². The maximum Gasteiger partial charge on any atom is 0.269 e. The minimum atomic E-state index is -0.334. The van der Waals surface area contributed by atoms with Crippen LogP contribution >= 0.6 is 0 Å². The molecule has 0 aromatic heterocycles. The zero-order chi connectivity index (χ0) is 14.0. The molecular weight excluding hydrogens is 242 g/mol. The van der Waals surface area contributed by atoms with Gasteiger partial charge in [-0.05, 0) is 26.3 Å². The van der Waals surface area contributed by atoms with Gasteiger partial charge in [-0.15, -0.1) is 0 Å². The van der Waals surface area contributed by atoms with E-state index in [0.29, 0.717) is 0 Å². The third-order valence-electron chi connectivity index (χ3n) is 3.90. The van der Waals surface area contributed by atoms with Crippen molar-refractivity contribution in [2.45, 2.75) is 32.4 Å². The van der Waals surface area contributed by atoms with Gasteiger partial charge in [0.05, 0.1) is 4.92 Å². The van der Waals surface area contributed by atoms with E-state index in [2.05, 4.69) is 31.0 Å². The number of benzene rings is 1. The highest BCUT2D eigenvalue weighted by Crippen LogP contribution is 2.30. The van der Waals surface area contributed by atoms with Crippen LogP contribution in [0.15, 0.2) is 24.3 Å². The molecule has 5 nitrogen and oxygen atoms in total. The second-order valence-corrected chi connectivity index (χ2v) is 5.71. The molecule has 0 spiro atoms. The summed E-state index contributed by atoms with van der Waals surface area (Å²) in [6, 6.07) is 7.13. The first-order valence-electron chi connectivity index (χ1n) is 6.63. The quantitative estimate of drug-likeness (QED) is 0.671. The Hall–Kier alpha value is -1.46. The summed E-state index contributed by atoms with van der Waals surface area (Å²) in [7, 11) is 0. The number of hydrogen-bond donors (Lipinski definition) is 1. The van der Waals surface area contributed by atoms with Crippen molar-refractivity contribution in [1.29, 1.82) is 0 Å². The van der Waals surface area contributed by atoms with Gasteiger partial charge in [0.1, 0.15) is 0 Å². The van der Waals surface area contributed by atoms with Crippen LogP contribution in [0.25, 0.3) is 0 Å². The number of nitro benzene ring substituents is 1. The van der Waals surface area contributed by atoms with E-state index in [1.165, 1.54) is 0 Å². The van der Waals surface area contributed by atoms with E-state index in [1.54, 1.807) is 18.2 Å². The largest absolute Gasteiger partial charge is 0.314 e. The average molecular weight is 263 g/mol. The number of nitrogens with zero attached hydrogens (tertiary/aromatic N) is 2. The molecular formula is C14H21N3O2. The van der Waals surface area contributed by atoms with Crippen LogP contribution in [0.5, 0.6) is 0 Å². The Morgan fingerprint density at radius 3 is 2.84 bits per heavy atom. The monoisotopic (exact) mass is 263 g/mol. The van der Waals surface area contributed by atoms with Crippen LogP contribution < -0.4 is 5.32 Å². The van der Waals surface area contributed by atoms with Gasteiger partial charge in [-0.3, -0.25) is 15.0 Å². The van der Waals surface area contributed by atoms with Gasteiger partial charge < -0.3 is 5.32 Å². The second-order valence-electron chi connectivity index (χ2n) is 5.71. The minimum Gasteiger partial charge on any atom is -0.314 e. The highest BCUT2D eigenvalue weighted by Gasteiger charge is 2.33. The van der Waals surface area contributed by atoms with Crippen LogP contribution in [-0.2, 0) is 0 Å². The summed E-state index contributed by atoms with van der Waals surface area (Å²) in [5.41, 5.74) is 1.23. The van der Waals surface area contributed by atoms with Crippen molar-refractivity contribution >= 4 is 5.69 Å². The van der Waals surface area contributed by atoms with E-state index >= 15 is 0 Å². The van der Waals surface area contributed by atoms with E-state index in [0.717, 1.165) is 25.2 Å². The summed E-state index contributed by atoms with van der Waals surface area (Å²) in [5, 5.41) is 14.3. The van der Waals surface area contributed by atoms with E-state index in [-0.39, 0.29) is 22.2 Å². The fourth-order valence-corrected chi connectivity index (χ4v) is 2.79. The Morgan fingerprint density at radius 1 is 1.47 bits per heavy atom. The molecule has 0 aliphatic carbocycles. The molecule has 1 aromatic carbocycles. The fourth-order valence-electron chi connectivity index (χ4n) is 2.79. The van der Waals surface area contributed by atoms with Crippen LogP contribution in [0.2, 0.25) is 0 Å². The van der Waals surface area contributed by atoms with Crippen LogP contribution in [0, 0.1) is 10.1 Å². The molecule has 19 heavy (non-hydrogen) atoms. The van der Waals surface area contributed by atoms with Crippen LogP contribution in [-0.4, -0.2) is 35.0 Å². The van der Waals surface area contributed by atoms with Gasteiger partial charge in [-0.25, -0.2) is 0 Å². The highest BCUT2D eigenvalue weighted by atomic mass is 16.6. The molecule has 0 saturated carbocycles. The van der Waals surface area contributed by atoms with Gasteiger partial charge in [0.15, 0.2) is 0 Å². The van der Waals surface area contributed by atoms with Crippen LogP contribution in [0.1, 0.15) is 32.4 Å². The summed E-state index contributed by atoms with van der Waals surface area (Å²) < 4.78 is 0. The lowest BCUT2D eigenvalue weighted by molar-refractivity contribution is -0.385. The van der Waals surface area contributed by atoms with Crippen LogP contribution in [0.4, 0.5) is 5.69 Å². The Balaban J connectivity index is 2.25. The Labute approximate surface area is 113 Å². The standard InChI is InChI=1S/C14H21N3O2/c1-11(16-8-7-15-10-14(16,2)3)12-5-4-6-13(9-12)17(18)19/h4-6,9,11,15H,7-8,10H2,1-3H3. The molecule has 104 valence electrons. The molecule has 1 aliphatic rings. The molecule has 1 heterocycles. The van der Waals surface area contributed by atoms with Crippen molar-refractivity contribution in [3.8, 4) is 0 Å². The lowest BCUT2D eigenvalue weighted by Gasteiger charge is -2.46. The Morgan fingerprint density at radius 2 is 2.21 bits per heavy atom. The summed E-state index contributed by atoms with van der Waals surface area (Å²) in [6.45, 7) is 9.37.